The van der Waals surface area contributed by atoms with Gasteiger partial charge in [0, 0.05) is 24.3 Å². The van der Waals surface area contributed by atoms with Gasteiger partial charge in [-0.05, 0) is 25.8 Å². The van der Waals surface area contributed by atoms with E-state index in [4.69, 9.17) is 0 Å². The highest BCUT2D eigenvalue weighted by atomic mass is 32.1. The molecular formula is C11H17N5S. The predicted molar refractivity (Wildman–Crippen MR) is 69.6 cm³/mol. The first-order valence-electron chi connectivity index (χ1n) is 5.69. The maximum Gasteiger partial charge on any atom is 0.135 e. The van der Waals surface area contributed by atoms with Crippen LogP contribution in [-0.4, -0.2) is 26.4 Å². The smallest absolute Gasteiger partial charge is 0.135 e. The number of anilines is 1. The Kier molecular flexibility index (Phi) is 3.42. The van der Waals surface area contributed by atoms with Crippen molar-refractivity contribution >= 4 is 16.5 Å². The zero-order valence-corrected chi connectivity index (χ0v) is 11.4. The van der Waals surface area contributed by atoms with Crippen molar-refractivity contribution in [2.45, 2.75) is 33.7 Å². The van der Waals surface area contributed by atoms with Crippen molar-refractivity contribution in [1.82, 2.24) is 19.4 Å². The topological polar surface area (TPSA) is 55.6 Å². The molecule has 0 unspecified atom stereocenters. The highest BCUT2D eigenvalue weighted by Gasteiger charge is 2.13. The van der Waals surface area contributed by atoms with Crippen LogP contribution in [0.25, 0.3) is 0 Å². The van der Waals surface area contributed by atoms with Crippen LogP contribution in [0.3, 0.4) is 0 Å². The first kappa shape index (κ1) is 12.0. The molecule has 2 aromatic rings. The molecule has 2 aromatic heterocycles. The van der Waals surface area contributed by atoms with Crippen molar-refractivity contribution in [3.8, 4) is 0 Å². The van der Waals surface area contributed by atoms with E-state index in [2.05, 4.69) is 40.8 Å². The van der Waals surface area contributed by atoms with Crippen LogP contribution in [0.5, 0.6) is 0 Å². The molecule has 0 bridgehead atoms. The summed E-state index contributed by atoms with van der Waals surface area (Å²) in [4.78, 5) is 0. The molecule has 92 valence electrons. The minimum atomic E-state index is 0.680. The molecule has 5 nitrogen and oxygen atoms in total. The monoisotopic (exact) mass is 251 g/mol. The molecule has 17 heavy (non-hydrogen) atoms. The van der Waals surface area contributed by atoms with E-state index in [0.717, 1.165) is 22.8 Å². The van der Waals surface area contributed by atoms with Gasteiger partial charge in [0.2, 0.25) is 0 Å². The Morgan fingerprint density at radius 1 is 1.35 bits per heavy atom. The summed E-state index contributed by atoms with van der Waals surface area (Å²) < 4.78 is 5.96. The second-order valence-corrected chi connectivity index (χ2v) is 4.71. The van der Waals surface area contributed by atoms with Crippen LogP contribution in [-0.2, 0) is 13.0 Å². The zero-order valence-electron chi connectivity index (χ0n) is 10.6. The lowest BCUT2D eigenvalue weighted by Gasteiger charge is -2.04. The van der Waals surface area contributed by atoms with Gasteiger partial charge in [0.1, 0.15) is 10.7 Å². The standard InChI is InChI=1S/C11H17N5S/c1-5-9-7(2)14-16(8(9)3)6-10-11(12-4)17-15-13-10/h12H,5-6H2,1-4H3. The van der Waals surface area contributed by atoms with Crippen LogP contribution in [0.15, 0.2) is 0 Å². The number of rotatable bonds is 4. The fourth-order valence-electron chi connectivity index (χ4n) is 2.04. The van der Waals surface area contributed by atoms with E-state index in [1.165, 1.54) is 22.8 Å². The van der Waals surface area contributed by atoms with Crippen LogP contribution in [0.1, 0.15) is 29.6 Å². The number of nitrogens with one attached hydrogen (secondary N) is 1. The zero-order chi connectivity index (χ0) is 12.4. The van der Waals surface area contributed by atoms with Gasteiger partial charge in [-0.3, -0.25) is 4.68 Å². The maximum atomic E-state index is 4.56. The van der Waals surface area contributed by atoms with Gasteiger partial charge in [-0.1, -0.05) is 11.4 Å². The molecule has 1 N–H and O–H groups in total. The molecule has 0 aliphatic rings. The first-order chi connectivity index (χ1) is 8.17. The van der Waals surface area contributed by atoms with Crippen LogP contribution in [0, 0.1) is 13.8 Å². The predicted octanol–water partition coefficient (Wildman–Crippen LogP) is 2.00. The Balaban J connectivity index is 2.30. The molecule has 0 amide bonds. The summed E-state index contributed by atoms with van der Waals surface area (Å²) in [6, 6.07) is 0. The summed E-state index contributed by atoms with van der Waals surface area (Å²) in [5.74, 6) is 0. The second kappa shape index (κ2) is 4.83. The lowest BCUT2D eigenvalue weighted by atomic mass is 10.1. The molecule has 0 saturated heterocycles. The third kappa shape index (κ3) is 2.17. The maximum absolute atomic E-state index is 4.56. The Morgan fingerprint density at radius 2 is 2.12 bits per heavy atom. The minimum absolute atomic E-state index is 0.680. The van der Waals surface area contributed by atoms with E-state index in [-0.39, 0.29) is 0 Å². The van der Waals surface area contributed by atoms with E-state index in [0.29, 0.717) is 6.54 Å². The average molecular weight is 251 g/mol. The Bertz CT molecular complexity index is 514. The number of hydrogen-bond donors (Lipinski definition) is 1. The van der Waals surface area contributed by atoms with Gasteiger partial charge in [-0.25, -0.2) is 0 Å². The van der Waals surface area contributed by atoms with Crippen LogP contribution in [0.4, 0.5) is 5.00 Å². The lowest BCUT2D eigenvalue weighted by Crippen LogP contribution is -2.06. The average Bonchev–Trinajstić information content (AvgIpc) is 2.85. The summed E-state index contributed by atoms with van der Waals surface area (Å²) in [6.45, 7) is 7.00. The quantitative estimate of drug-likeness (QED) is 0.903. The van der Waals surface area contributed by atoms with E-state index in [1.54, 1.807) is 0 Å². The molecule has 2 rings (SSSR count). The second-order valence-electron chi connectivity index (χ2n) is 3.96. The highest BCUT2D eigenvalue weighted by Crippen LogP contribution is 2.20. The van der Waals surface area contributed by atoms with Gasteiger partial charge in [-0.2, -0.15) is 5.10 Å². The van der Waals surface area contributed by atoms with Gasteiger partial charge in [-0.15, -0.1) is 5.10 Å². The molecule has 0 fully saturated rings. The molecule has 0 radical (unpaired) electrons. The Hall–Kier alpha value is -1.43. The fraction of sp³-hybridized carbons (Fsp3) is 0.545. The van der Waals surface area contributed by atoms with E-state index < -0.39 is 0 Å². The molecule has 0 aromatic carbocycles. The summed E-state index contributed by atoms with van der Waals surface area (Å²) in [5, 5.41) is 12.8. The van der Waals surface area contributed by atoms with Crippen LogP contribution in [0.2, 0.25) is 0 Å². The fourth-order valence-corrected chi connectivity index (χ4v) is 2.57. The Morgan fingerprint density at radius 3 is 2.71 bits per heavy atom. The van der Waals surface area contributed by atoms with Crippen molar-refractivity contribution in [2.75, 3.05) is 12.4 Å². The van der Waals surface area contributed by atoms with Gasteiger partial charge < -0.3 is 5.32 Å². The van der Waals surface area contributed by atoms with Crippen molar-refractivity contribution in [1.29, 1.82) is 0 Å². The van der Waals surface area contributed by atoms with Crippen molar-refractivity contribution in [2.24, 2.45) is 0 Å². The van der Waals surface area contributed by atoms with Gasteiger partial charge >= 0.3 is 0 Å². The summed E-state index contributed by atoms with van der Waals surface area (Å²) in [5.41, 5.74) is 4.61. The van der Waals surface area contributed by atoms with E-state index >= 15 is 0 Å². The SMILES string of the molecule is CCc1c(C)nn(Cc2nnsc2NC)c1C. The lowest BCUT2D eigenvalue weighted by molar-refractivity contribution is 0.645. The van der Waals surface area contributed by atoms with Gasteiger partial charge in [0.15, 0.2) is 0 Å². The van der Waals surface area contributed by atoms with Crippen molar-refractivity contribution in [3.05, 3.63) is 22.6 Å². The number of hydrogen-bond acceptors (Lipinski definition) is 5. The van der Waals surface area contributed by atoms with Crippen LogP contribution >= 0.6 is 11.5 Å². The Labute approximate surface area is 105 Å². The summed E-state index contributed by atoms with van der Waals surface area (Å²) in [6.07, 6.45) is 1.02. The first-order valence-corrected chi connectivity index (χ1v) is 6.46. The summed E-state index contributed by atoms with van der Waals surface area (Å²) in [7, 11) is 1.89. The van der Waals surface area contributed by atoms with Crippen LogP contribution < -0.4 is 5.32 Å². The molecule has 6 heteroatoms. The van der Waals surface area contributed by atoms with Gasteiger partial charge in [0.05, 0.1) is 12.2 Å². The molecule has 0 aliphatic carbocycles. The normalized spacial score (nSPS) is 10.8. The number of nitrogens with zero attached hydrogens (tertiary/aromatic N) is 4. The molecule has 2 heterocycles. The summed E-state index contributed by atoms with van der Waals surface area (Å²) >= 11 is 1.38. The number of aromatic nitrogens is 4. The number of aryl methyl sites for hydroxylation is 1. The largest absolute Gasteiger partial charge is 0.377 e. The van der Waals surface area contributed by atoms with E-state index in [1.807, 2.05) is 11.7 Å². The van der Waals surface area contributed by atoms with E-state index in [9.17, 15) is 0 Å². The third-order valence-corrected chi connectivity index (χ3v) is 3.75. The molecule has 0 saturated carbocycles. The van der Waals surface area contributed by atoms with Crippen molar-refractivity contribution in [3.63, 3.8) is 0 Å². The molecular weight excluding hydrogens is 234 g/mol. The van der Waals surface area contributed by atoms with Crippen molar-refractivity contribution < 1.29 is 0 Å². The minimum Gasteiger partial charge on any atom is -0.377 e. The van der Waals surface area contributed by atoms with Gasteiger partial charge in [0.25, 0.3) is 0 Å². The molecule has 0 spiro atoms. The molecule has 0 atom stereocenters. The molecule has 0 aliphatic heterocycles. The third-order valence-electron chi connectivity index (χ3n) is 2.97. The highest BCUT2D eigenvalue weighted by molar-refractivity contribution is 7.10.